The Hall–Kier alpha value is -0.860. The van der Waals surface area contributed by atoms with Gasteiger partial charge in [0.25, 0.3) is 0 Å². The van der Waals surface area contributed by atoms with Crippen LogP contribution in [0.15, 0.2) is 24.3 Å². The van der Waals surface area contributed by atoms with E-state index in [9.17, 15) is 5.11 Å². The molecule has 0 aromatic heterocycles. The first-order chi connectivity index (χ1) is 8.95. The summed E-state index contributed by atoms with van der Waals surface area (Å²) in [6.45, 7) is 8.66. The fourth-order valence-corrected chi connectivity index (χ4v) is 2.41. The van der Waals surface area contributed by atoms with Gasteiger partial charge < -0.3 is 10.8 Å². The molecule has 0 saturated heterocycles. The number of benzene rings is 1. The van der Waals surface area contributed by atoms with Gasteiger partial charge in [-0.05, 0) is 35.8 Å². The lowest BCUT2D eigenvalue weighted by atomic mass is 9.90. The second-order valence-corrected chi connectivity index (χ2v) is 5.98. The van der Waals surface area contributed by atoms with E-state index in [1.54, 1.807) is 0 Å². The zero-order chi connectivity index (χ0) is 14.4. The summed E-state index contributed by atoms with van der Waals surface area (Å²) in [4.78, 5) is 0. The normalized spacial score (nSPS) is 16.4. The van der Waals surface area contributed by atoms with Gasteiger partial charge in [0.2, 0.25) is 0 Å². The highest BCUT2D eigenvalue weighted by Crippen LogP contribution is 2.24. The van der Waals surface area contributed by atoms with E-state index in [1.165, 1.54) is 11.1 Å². The minimum Gasteiger partial charge on any atom is -0.391 e. The lowest BCUT2D eigenvalue weighted by Gasteiger charge is -2.22. The summed E-state index contributed by atoms with van der Waals surface area (Å²) in [5.41, 5.74) is 8.61. The average molecular weight is 263 g/mol. The lowest BCUT2D eigenvalue weighted by Crippen LogP contribution is -2.35. The van der Waals surface area contributed by atoms with Crippen LogP contribution in [-0.4, -0.2) is 17.3 Å². The van der Waals surface area contributed by atoms with Crippen LogP contribution < -0.4 is 5.73 Å². The van der Waals surface area contributed by atoms with Crippen molar-refractivity contribution in [2.45, 2.75) is 70.9 Å². The molecule has 0 spiro atoms. The highest BCUT2D eigenvalue weighted by molar-refractivity contribution is 5.26. The SMILES string of the molecule is CCCC(N)C(O)CC(C)c1ccc(C(C)C)cc1. The van der Waals surface area contributed by atoms with E-state index in [0.717, 1.165) is 19.3 Å². The molecule has 2 heteroatoms. The average Bonchev–Trinajstić information content (AvgIpc) is 2.38. The molecule has 0 fully saturated rings. The van der Waals surface area contributed by atoms with Gasteiger partial charge in [0.15, 0.2) is 0 Å². The summed E-state index contributed by atoms with van der Waals surface area (Å²) >= 11 is 0. The van der Waals surface area contributed by atoms with Crippen LogP contribution in [0, 0.1) is 0 Å². The van der Waals surface area contributed by atoms with Gasteiger partial charge in [-0.1, -0.05) is 58.4 Å². The largest absolute Gasteiger partial charge is 0.391 e. The fraction of sp³-hybridized carbons (Fsp3) is 0.647. The molecule has 0 amide bonds. The summed E-state index contributed by atoms with van der Waals surface area (Å²) in [6, 6.07) is 8.64. The molecule has 0 radical (unpaired) electrons. The van der Waals surface area contributed by atoms with Gasteiger partial charge in [-0.25, -0.2) is 0 Å². The van der Waals surface area contributed by atoms with Crippen LogP contribution >= 0.6 is 0 Å². The van der Waals surface area contributed by atoms with Crippen LogP contribution in [0.3, 0.4) is 0 Å². The van der Waals surface area contributed by atoms with Crippen molar-refractivity contribution >= 4 is 0 Å². The molecule has 3 unspecified atom stereocenters. The maximum Gasteiger partial charge on any atom is 0.0696 e. The molecule has 0 aliphatic heterocycles. The quantitative estimate of drug-likeness (QED) is 0.786. The van der Waals surface area contributed by atoms with Crippen molar-refractivity contribution in [2.24, 2.45) is 5.73 Å². The van der Waals surface area contributed by atoms with Gasteiger partial charge in [-0.3, -0.25) is 0 Å². The first-order valence-electron chi connectivity index (χ1n) is 7.49. The molecule has 1 aromatic carbocycles. The second-order valence-electron chi connectivity index (χ2n) is 5.98. The maximum atomic E-state index is 10.1. The molecule has 0 aliphatic rings. The number of aliphatic hydroxyl groups is 1. The summed E-state index contributed by atoms with van der Waals surface area (Å²) in [5.74, 6) is 0.909. The molecule has 0 bridgehead atoms. The number of nitrogens with two attached hydrogens (primary N) is 1. The smallest absolute Gasteiger partial charge is 0.0696 e. The Kier molecular flexibility index (Phi) is 6.53. The first-order valence-corrected chi connectivity index (χ1v) is 7.49. The third-order valence-electron chi connectivity index (χ3n) is 3.88. The molecule has 0 aliphatic carbocycles. The molecule has 1 aromatic rings. The number of rotatable bonds is 7. The van der Waals surface area contributed by atoms with Crippen molar-refractivity contribution in [1.29, 1.82) is 0 Å². The summed E-state index contributed by atoms with van der Waals surface area (Å²) in [7, 11) is 0. The number of hydrogen-bond donors (Lipinski definition) is 2. The number of hydrogen-bond acceptors (Lipinski definition) is 2. The van der Waals surface area contributed by atoms with E-state index in [2.05, 4.69) is 52.0 Å². The third kappa shape index (κ3) is 4.96. The van der Waals surface area contributed by atoms with Crippen molar-refractivity contribution in [3.8, 4) is 0 Å². The van der Waals surface area contributed by atoms with Crippen LogP contribution in [-0.2, 0) is 0 Å². The minimum absolute atomic E-state index is 0.0950. The second kappa shape index (κ2) is 7.66. The van der Waals surface area contributed by atoms with Crippen molar-refractivity contribution in [2.75, 3.05) is 0 Å². The predicted octanol–water partition coefficient (Wildman–Crippen LogP) is 3.79. The Bertz CT molecular complexity index is 358. The molecule has 0 heterocycles. The highest BCUT2D eigenvalue weighted by Gasteiger charge is 2.18. The zero-order valence-corrected chi connectivity index (χ0v) is 12.8. The van der Waals surface area contributed by atoms with E-state index in [1.807, 2.05) is 0 Å². The summed E-state index contributed by atoms with van der Waals surface area (Å²) in [5, 5.41) is 10.1. The van der Waals surface area contributed by atoms with Crippen LogP contribution in [0.4, 0.5) is 0 Å². The van der Waals surface area contributed by atoms with Gasteiger partial charge in [-0.15, -0.1) is 0 Å². The van der Waals surface area contributed by atoms with Crippen molar-refractivity contribution in [1.82, 2.24) is 0 Å². The standard InChI is InChI=1S/C17H29NO/c1-5-6-16(18)17(19)11-13(4)15-9-7-14(8-10-15)12(2)3/h7-10,12-13,16-17,19H,5-6,11,18H2,1-4H3. The van der Waals surface area contributed by atoms with Gasteiger partial charge >= 0.3 is 0 Å². The number of aliphatic hydroxyl groups excluding tert-OH is 1. The molecule has 0 saturated carbocycles. The Balaban J connectivity index is 2.60. The van der Waals surface area contributed by atoms with Crippen molar-refractivity contribution < 1.29 is 5.11 Å². The van der Waals surface area contributed by atoms with E-state index < -0.39 is 6.10 Å². The Morgan fingerprint density at radius 2 is 1.58 bits per heavy atom. The van der Waals surface area contributed by atoms with E-state index >= 15 is 0 Å². The van der Waals surface area contributed by atoms with Crippen LogP contribution in [0.1, 0.15) is 69.9 Å². The van der Waals surface area contributed by atoms with Crippen LogP contribution in [0.2, 0.25) is 0 Å². The van der Waals surface area contributed by atoms with E-state index in [4.69, 9.17) is 5.73 Å². The fourth-order valence-electron chi connectivity index (χ4n) is 2.41. The summed E-state index contributed by atoms with van der Waals surface area (Å²) in [6.07, 6.45) is 2.25. The zero-order valence-electron chi connectivity index (χ0n) is 12.8. The van der Waals surface area contributed by atoms with Gasteiger partial charge in [0.05, 0.1) is 6.10 Å². The molecular weight excluding hydrogens is 234 g/mol. The molecule has 3 N–H and O–H groups in total. The van der Waals surface area contributed by atoms with Crippen LogP contribution in [0.25, 0.3) is 0 Å². The predicted molar refractivity (Wildman–Crippen MR) is 82.5 cm³/mol. The van der Waals surface area contributed by atoms with Gasteiger partial charge in [-0.2, -0.15) is 0 Å². The highest BCUT2D eigenvalue weighted by atomic mass is 16.3. The third-order valence-corrected chi connectivity index (χ3v) is 3.88. The molecule has 3 atom stereocenters. The minimum atomic E-state index is -0.403. The van der Waals surface area contributed by atoms with E-state index in [-0.39, 0.29) is 6.04 Å². The molecule has 108 valence electrons. The van der Waals surface area contributed by atoms with E-state index in [0.29, 0.717) is 11.8 Å². The molecular formula is C17H29NO. The van der Waals surface area contributed by atoms with Crippen LogP contribution in [0.5, 0.6) is 0 Å². The Morgan fingerprint density at radius 1 is 1.05 bits per heavy atom. The molecule has 1 rings (SSSR count). The van der Waals surface area contributed by atoms with Gasteiger partial charge in [0.1, 0.15) is 0 Å². The maximum absolute atomic E-state index is 10.1. The monoisotopic (exact) mass is 263 g/mol. The van der Waals surface area contributed by atoms with Crippen molar-refractivity contribution in [3.63, 3.8) is 0 Å². The Morgan fingerprint density at radius 3 is 2.05 bits per heavy atom. The topological polar surface area (TPSA) is 46.2 Å². The van der Waals surface area contributed by atoms with Gasteiger partial charge in [0, 0.05) is 6.04 Å². The molecule has 2 nitrogen and oxygen atoms in total. The molecule has 19 heavy (non-hydrogen) atoms. The van der Waals surface area contributed by atoms with Crippen molar-refractivity contribution in [3.05, 3.63) is 35.4 Å². The first kappa shape index (κ1) is 16.2. The lowest BCUT2D eigenvalue weighted by molar-refractivity contribution is 0.124. The summed E-state index contributed by atoms with van der Waals surface area (Å²) < 4.78 is 0. The Labute approximate surface area is 118 Å².